The maximum absolute atomic E-state index is 6.01. The van der Waals surface area contributed by atoms with Crippen LogP contribution in [0, 0.1) is 6.92 Å². The molecule has 0 amide bonds. The highest BCUT2D eigenvalue weighted by molar-refractivity contribution is 5.85. The van der Waals surface area contributed by atoms with Crippen molar-refractivity contribution in [3.05, 3.63) is 53.3 Å². The molecule has 2 aromatic rings. The topological polar surface area (TPSA) is 34.1 Å². The molecule has 3 rings (SSSR count). The van der Waals surface area contributed by atoms with Crippen LogP contribution in [-0.2, 0) is 11.2 Å². The maximum atomic E-state index is 6.01. The van der Waals surface area contributed by atoms with Gasteiger partial charge in [-0.15, -0.1) is 24.8 Å². The summed E-state index contributed by atoms with van der Waals surface area (Å²) in [5, 5.41) is 3.24. The second-order valence-corrected chi connectivity index (χ2v) is 5.58. The van der Waals surface area contributed by atoms with Gasteiger partial charge in [0.25, 0.3) is 0 Å². The number of halogens is 2. The van der Waals surface area contributed by atoms with E-state index in [9.17, 15) is 0 Å². The summed E-state index contributed by atoms with van der Waals surface area (Å²) in [7, 11) is 1.98. The van der Waals surface area contributed by atoms with Crippen molar-refractivity contribution in [3.8, 4) is 11.1 Å². The molecule has 1 N–H and O–H groups in total. The van der Waals surface area contributed by atoms with Gasteiger partial charge >= 0.3 is 0 Å². The van der Waals surface area contributed by atoms with Gasteiger partial charge in [-0.3, -0.25) is 4.98 Å². The van der Waals surface area contributed by atoms with E-state index in [1.54, 1.807) is 0 Å². The number of rotatable bonds is 3. The lowest BCUT2D eigenvalue weighted by atomic mass is 9.91. The highest BCUT2D eigenvalue weighted by Gasteiger charge is 2.21. The number of aromatic nitrogens is 1. The van der Waals surface area contributed by atoms with E-state index in [0.29, 0.717) is 0 Å². The number of hydrogen-bond donors (Lipinski definition) is 1. The van der Waals surface area contributed by atoms with Gasteiger partial charge in [-0.05, 0) is 61.2 Å². The van der Waals surface area contributed by atoms with Gasteiger partial charge < -0.3 is 10.1 Å². The van der Waals surface area contributed by atoms with Crippen LogP contribution in [-0.4, -0.2) is 25.2 Å². The first-order valence-electron chi connectivity index (χ1n) is 7.60. The lowest BCUT2D eigenvalue weighted by molar-refractivity contribution is 0.0579. The zero-order valence-corrected chi connectivity index (χ0v) is 15.2. The molecule has 3 nitrogen and oxygen atoms in total. The molecular weight excluding hydrogens is 331 g/mol. The first-order chi connectivity index (χ1) is 10.3. The number of ether oxygens (including phenoxy) is 1. The van der Waals surface area contributed by atoms with E-state index in [-0.39, 0.29) is 30.9 Å². The Morgan fingerprint density at radius 2 is 2.09 bits per heavy atom. The summed E-state index contributed by atoms with van der Waals surface area (Å²) in [5.41, 5.74) is 6.39. The lowest BCUT2D eigenvalue weighted by Gasteiger charge is -2.19. The van der Waals surface area contributed by atoms with Crippen molar-refractivity contribution in [2.45, 2.75) is 25.9 Å². The first kappa shape index (κ1) is 19.9. The van der Waals surface area contributed by atoms with Crippen molar-refractivity contribution in [3.63, 3.8) is 0 Å². The molecule has 1 aliphatic heterocycles. The fraction of sp³-hybridized carbons (Fsp3) is 0.389. The standard InChI is InChI=1S/C18H22N2O.2ClH/c1-13-11-14(8-9-20-13)15-5-3-6-17-16(15)7-4-10-21-18(17)12-19-2;;/h3,5-6,8-9,11,18-19H,4,7,10,12H2,1-2H3;2*1H. The predicted molar refractivity (Wildman–Crippen MR) is 99.8 cm³/mol. The Hall–Kier alpha value is -1.13. The van der Waals surface area contributed by atoms with E-state index in [0.717, 1.165) is 31.7 Å². The second-order valence-electron chi connectivity index (χ2n) is 5.58. The summed E-state index contributed by atoms with van der Waals surface area (Å²) in [6.45, 7) is 3.72. The molecule has 0 spiro atoms. The first-order valence-corrected chi connectivity index (χ1v) is 7.60. The zero-order valence-electron chi connectivity index (χ0n) is 13.5. The van der Waals surface area contributed by atoms with Crippen molar-refractivity contribution < 1.29 is 4.74 Å². The Morgan fingerprint density at radius 3 is 2.83 bits per heavy atom. The molecule has 1 aromatic heterocycles. The third-order valence-electron chi connectivity index (χ3n) is 4.05. The molecule has 0 aliphatic carbocycles. The number of aryl methyl sites for hydroxylation is 1. The van der Waals surface area contributed by atoms with Gasteiger partial charge in [0.1, 0.15) is 0 Å². The number of nitrogens with one attached hydrogen (secondary N) is 1. The summed E-state index contributed by atoms with van der Waals surface area (Å²) in [4.78, 5) is 4.31. The van der Waals surface area contributed by atoms with Crippen molar-refractivity contribution >= 4 is 24.8 Å². The normalized spacial score (nSPS) is 16.5. The van der Waals surface area contributed by atoms with Crippen LogP contribution in [0.2, 0.25) is 0 Å². The van der Waals surface area contributed by atoms with Gasteiger partial charge in [-0.25, -0.2) is 0 Å². The van der Waals surface area contributed by atoms with E-state index in [4.69, 9.17) is 4.74 Å². The number of likely N-dealkylation sites (N-methyl/N-ethyl adjacent to an activating group) is 1. The molecule has 5 heteroatoms. The molecule has 0 saturated heterocycles. The molecule has 1 unspecified atom stereocenters. The molecule has 1 aromatic carbocycles. The number of nitrogens with zero attached hydrogens (tertiary/aromatic N) is 1. The Kier molecular flexibility index (Phi) is 8.00. The summed E-state index contributed by atoms with van der Waals surface area (Å²) >= 11 is 0. The minimum atomic E-state index is 0. The third-order valence-corrected chi connectivity index (χ3v) is 4.05. The van der Waals surface area contributed by atoms with Crippen LogP contribution < -0.4 is 5.32 Å². The molecular formula is C18H24Cl2N2O. The van der Waals surface area contributed by atoms with E-state index < -0.39 is 0 Å². The van der Waals surface area contributed by atoms with Crippen LogP contribution in [0.25, 0.3) is 11.1 Å². The number of fused-ring (bicyclic) bond motifs is 1. The monoisotopic (exact) mass is 354 g/mol. The SMILES string of the molecule is CNCC1OCCCc2c(-c3ccnc(C)c3)cccc21.Cl.Cl. The average Bonchev–Trinajstić information content (AvgIpc) is 2.70. The molecule has 0 bridgehead atoms. The lowest BCUT2D eigenvalue weighted by Crippen LogP contribution is -2.20. The van der Waals surface area contributed by atoms with E-state index in [1.807, 2.05) is 20.2 Å². The van der Waals surface area contributed by atoms with Crippen molar-refractivity contribution in [1.29, 1.82) is 0 Å². The number of benzene rings is 1. The van der Waals surface area contributed by atoms with Crippen molar-refractivity contribution in [1.82, 2.24) is 10.3 Å². The number of hydrogen-bond acceptors (Lipinski definition) is 3. The molecule has 0 radical (unpaired) electrons. The Morgan fingerprint density at radius 1 is 1.26 bits per heavy atom. The minimum absolute atomic E-state index is 0. The maximum Gasteiger partial charge on any atom is 0.0951 e. The highest BCUT2D eigenvalue weighted by Crippen LogP contribution is 2.33. The molecule has 1 aliphatic rings. The van der Waals surface area contributed by atoms with Gasteiger partial charge in [0.15, 0.2) is 0 Å². The van der Waals surface area contributed by atoms with E-state index in [2.05, 4.69) is 40.6 Å². The zero-order chi connectivity index (χ0) is 14.7. The third kappa shape index (κ3) is 4.45. The molecule has 23 heavy (non-hydrogen) atoms. The number of pyridine rings is 1. The summed E-state index contributed by atoms with van der Waals surface area (Å²) in [6, 6.07) is 10.8. The van der Waals surface area contributed by atoms with Gasteiger partial charge in [0, 0.05) is 25.0 Å². The fourth-order valence-corrected chi connectivity index (χ4v) is 3.09. The molecule has 1 atom stereocenters. The smallest absolute Gasteiger partial charge is 0.0951 e. The molecule has 0 saturated carbocycles. The van der Waals surface area contributed by atoms with Crippen LogP contribution in [0.3, 0.4) is 0 Å². The van der Waals surface area contributed by atoms with Crippen LogP contribution in [0.5, 0.6) is 0 Å². The summed E-state index contributed by atoms with van der Waals surface area (Å²) in [5.74, 6) is 0. The van der Waals surface area contributed by atoms with Crippen LogP contribution in [0.4, 0.5) is 0 Å². The van der Waals surface area contributed by atoms with Crippen LogP contribution in [0.1, 0.15) is 29.3 Å². The van der Waals surface area contributed by atoms with Crippen molar-refractivity contribution in [2.75, 3.05) is 20.2 Å². The summed E-state index contributed by atoms with van der Waals surface area (Å²) in [6.07, 6.45) is 4.19. The summed E-state index contributed by atoms with van der Waals surface area (Å²) < 4.78 is 6.01. The molecule has 0 fully saturated rings. The van der Waals surface area contributed by atoms with Gasteiger partial charge in [0.2, 0.25) is 0 Å². The highest BCUT2D eigenvalue weighted by atomic mass is 35.5. The van der Waals surface area contributed by atoms with Crippen LogP contribution >= 0.6 is 24.8 Å². The predicted octanol–water partition coefficient (Wildman–Crippen LogP) is 4.12. The van der Waals surface area contributed by atoms with E-state index in [1.165, 1.54) is 22.3 Å². The Bertz CT molecular complexity index is 634. The van der Waals surface area contributed by atoms with Gasteiger partial charge in [-0.1, -0.05) is 18.2 Å². The Balaban J connectivity index is 0.00000132. The van der Waals surface area contributed by atoms with Gasteiger partial charge in [-0.2, -0.15) is 0 Å². The van der Waals surface area contributed by atoms with Gasteiger partial charge in [0.05, 0.1) is 6.10 Å². The average molecular weight is 355 g/mol. The van der Waals surface area contributed by atoms with E-state index >= 15 is 0 Å². The second kappa shape index (κ2) is 9.24. The van der Waals surface area contributed by atoms with Crippen LogP contribution in [0.15, 0.2) is 36.5 Å². The quantitative estimate of drug-likeness (QED) is 0.899. The van der Waals surface area contributed by atoms with Crippen molar-refractivity contribution in [2.24, 2.45) is 0 Å². The molecule has 2 heterocycles. The molecule has 126 valence electrons. The minimum Gasteiger partial charge on any atom is -0.372 e. The fourth-order valence-electron chi connectivity index (χ4n) is 3.09. The Labute approximate surface area is 150 Å². The largest absolute Gasteiger partial charge is 0.372 e.